The Bertz CT molecular complexity index is 662. The van der Waals surface area contributed by atoms with Crippen molar-refractivity contribution in [2.45, 2.75) is 0 Å². The van der Waals surface area contributed by atoms with Gasteiger partial charge in [0.25, 0.3) is 0 Å². The number of benzene rings is 1. The third-order valence-electron chi connectivity index (χ3n) is 2.50. The van der Waals surface area contributed by atoms with Crippen LogP contribution in [-0.2, 0) is 8.17 Å². The molecule has 0 fully saturated rings. The van der Waals surface area contributed by atoms with Crippen molar-refractivity contribution in [1.82, 2.24) is 0 Å². The SMILES string of the molecule is NC1=[Se](O[Cl+3]([O-])([O-])[O-])C(c2ccccc2)=CC=C1C(=O)O. The van der Waals surface area contributed by atoms with Crippen molar-refractivity contribution in [2.75, 3.05) is 0 Å². The summed E-state index contributed by atoms with van der Waals surface area (Å²) in [5.74, 6) is -1.31. The average Bonchev–Trinajstić information content (AvgIpc) is 2.40. The van der Waals surface area contributed by atoms with Gasteiger partial charge in [-0.25, -0.2) is 0 Å². The van der Waals surface area contributed by atoms with Gasteiger partial charge < -0.3 is 0 Å². The molecule has 7 nitrogen and oxygen atoms in total. The monoisotopic (exact) mass is 379 g/mol. The van der Waals surface area contributed by atoms with E-state index in [0.717, 1.165) is 0 Å². The predicted molar refractivity (Wildman–Crippen MR) is 66.2 cm³/mol. The zero-order valence-electron chi connectivity index (χ0n) is 10.4. The van der Waals surface area contributed by atoms with Gasteiger partial charge in [-0.05, 0) is 0 Å². The van der Waals surface area contributed by atoms with E-state index in [9.17, 15) is 18.8 Å². The Morgan fingerprint density at radius 2 is 1.81 bits per heavy atom. The molecule has 0 aliphatic carbocycles. The van der Waals surface area contributed by atoms with Crippen molar-refractivity contribution in [3.8, 4) is 0 Å². The summed E-state index contributed by atoms with van der Waals surface area (Å²) in [6.45, 7) is 0. The molecule has 3 N–H and O–H groups in total. The molecule has 0 bridgehead atoms. The number of halogens is 1. The number of hydrogen-bond donors (Lipinski definition) is 2. The summed E-state index contributed by atoms with van der Waals surface area (Å²) in [7, 11) is -4.71. The normalized spacial score (nSPS) is 19.0. The fraction of sp³-hybridized carbons (Fsp3) is 0. The number of aliphatic carboxylic acids is 1. The average molecular weight is 379 g/mol. The second kappa shape index (κ2) is 6.18. The molecular formula is C12H10ClNO6Se. The molecule has 1 unspecified atom stereocenters. The summed E-state index contributed by atoms with van der Waals surface area (Å²) in [5.41, 5.74) is 6.06. The van der Waals surface area contributed by atoms with Gasteiger partial charge in [-0.2, -0.15) is 0 Å². The Morgan fingerprint density at radius 3 is 2.33 bits per heavy atom. The van der Waals surface area contributed by atoms with Gasteiger partial charge in [0.15, 0.2) is 0 Å². The van der Waals surface area contributed by atoms with Crippen LogP contribution >= 0.6 is 0 Å². The van der Waals surface area contributed by atoms with Gasteiger partial charge in [0.2, 0.25) is 0 Å². The Hall–Kier alpha value is -1.35. The van der Waals surface area contributed by atoms with E-state index in [0.29, 0.717) is 10.0 Å². The maximum atomic E-state index is 11.1. The number of carboxylic acids is 1. The minimum absolute atomic E-state index is 0.226. The molecule has 0 aromatic heterocycles. The zero-order valence-corrected chi connectivity index (χ0v) is 12.9. The van der Waals surface area contributed by atoms with Crippen LogP contribution < -0.4 is 19.7 Å². The molecule has 1 aromatic carbocycles. The Balaban J connectivity index is 2.56. The molecule has 1 heterocycles. The summed E-state index contributed by atoms with van der Waals surface area (Å²) in [4.78, 5) is 11.1. The molecule has 0 spiro atoms. The number of rotatable bonds is 4. The first-order valence-electron chi connectivity index (χ1n) is 5.48. The van der Waals surface area contributed by atoms with Crippen molar-refractivity contribution < 1.29 is 37.5 Å². The minimum atomic E-state index is -4.71. The second-order valence-corrected chi connectivity index (χ2v) is 8.50. The van der Waals surface area contributed by atoms with Gasteiger partial charge in [-0.3, -0.25) is 0 Å². The van der Waals surface area contributed by atoms with E-state index in [4.69, 9.17) is 10.8 Å². The van der Waals surface area contributed by atoms with Gasteiger partial charge in [-0.15, -0.1) is 0 Å². The van der Waals surface area contributed by atoms with Crippen LogP contribution in [0, 0.1) is 10.2 Å². The molecule has 2 rings (SSSR count). The number of nitrogens with two attached hydrogens (primary N) is 1. The Labute approximate surface area is 126 Å². The summed E-state index contributed by atoms with van der Waals surface area (Å²) < 4.78 is 37.3. The van der Waals surface area contributed by atoms with Gasteiger partial charge in [0.1, 0.15) is 0 Å². The molecule has 1 aromatic rings. The molecule has 21 heavy (non-hydrogen) atoms. The van der Waals surface area contributed by atoms with Crippen LogP contribution in [0.15, 0.2) is 48.1 Å². The molecule has 0 saturated heterocycles. The van der Waals surface area contributed by atoms with Gasteiger partial charge in [-0.1, -0.05) is 0 Å². The summed E-state index contributed by atoms with van der Waals surface area (Å²) >= 11 is -2.94. The van der Waals surface area contributed by atoms with E-state index >= 15 is 0 Å². The number of allylic oxidation sites excluding steroid dienone is 2. The van der Waals surface area contributed by atoms with Crippen LogP contribution in [0.4, 0.5) is 0 Å². The quantitative estimate of drug-likeness (QED) is 0.539. The van der Waals surface area contributed by atoms with Crippen LogP contribution in [0.2, 0.25) is 0 Å². The van der Waals surface area contributed by atoms with Crippen molar-refractivity contribution in [3.63, 3.8) is 0 Å². The first-order chi connectivity index (χ1) is 9.79. The Morgan fingerprint density at radius 1 is 1.19 bits per heavy atom. The molecule has 0 saturated carbocycles. The predicted octanol–water partition coefficient (Wildman–Crippen LogP) is -2.79. The summed E-state index contributed by atoms with van der Waals surface area (Å²) in [5, 5.41) is 9.02. The van der Waals surface area contributed by atoms with Crippen molar-refractivity contribution in [3.05, 3.63) is 53.6 Å². The molecule has 0 amide bonds. The molecule has 1 aliphatic rings. The maximum absolute atomic E-state index is 11.1. The van der Waals surface area contributed by atoms with Crippen LogP contribution in [0.25, 0.3) is 4.47 Å². The van der Waals surface area contributed by atoms with Crippen LogP contribution in [0.5, 0.6) is 0 Å². The van der Waals surface area contributed by atoms with Crippen LogP contribution in [0.3, 0.4) is 0 Å². The van der Waals surface area contributed by atoms with E-state index in [1.54, 1.807) is 30.3 Å². The topological polar surface area (TPSA) is 142 Å². The van der Waals surface area contributed by atoms with E-state index in [-0.39, 0.29) is 10.1 Å². The molecule has 9 heteroatoms. The van der Waals surface area contributed by atoms with Gasteiger partial charge in [0.05, 0.1) is 0 Å². The molecule has 0 radical (unpaired) electrons. The van der Waals surface area contributed by atoms with E-state index in [2.05, 4.69) is 3.37 Å². The summed E-state index contributed by atoms with van der Waals surface area (Å²) in [6, 6.07) is 8.57. The van der Waals surface area contributed by atoms with Crippen molar-refractivity contribution in [2.24, 2.45) is 5.73 Å². The molecule has 112 valence electrons. The third-order valence-corrected chi connectivity index (χ3v) is 7.46. The fourth-order valence-electron chi connectivity index (χ4n) is 1.65. The first-order valence-corrected chi connectivity index (χ1v) is 9.13. The molecular weight excluding hydrogens is 369 g/mol. The molecule has 1 atom stereocenters. The zero-order chi connectivity index (χ0) is 15.6. The van der Waals surface area contributed by atoms with Crippen LogP contribution in [-0.4, -0.2) is 29.4 Å². The second-order valence-electron chi connectivity index (χ2n) is 3.86. The first kappa shape index (κ1) is 16.0. The van der Waals surface area contributed by atoms with E-state index < -0.39 is 30.0 Å². The van der Waals surface area contributed by atoms with Crippen molar-refractivity contribution >= 4 is 28.8 Å². The number of carboxylic acid groups (broad SMARTS) is 1. The Kier molecular flexibility index (Phi) is 4.72. The molecule has 1 aliphatic heterocycles. The van der Waals surface area contributed by atoms with Crippen molar-refractivity contribution in [1.29, 1.82) is 0 Å². The fourth-order valence-corrected chi connectivity index (χ4v) is 6.14. The van der Waals surface area contributed by atoms with Gasteiger partial charge >= 0.3 is 126 Å². The number of hydrogen-bond acceptors (Lipinski definition) is 6. The van der Waals surface area contributed by atoms with E-state index in [1.807, 2.05) is 0 Å². The third kappa shape index (κ3) is 3.85. The standard InChI is InChI=1S/C12H10ClNO6Se/c14-11-9(12(15)16)6-7-10(8-4-2-1-3-5-8)21(11)20-13(17,18)19/h1-7H,14H2,(H,15,16). The summed E-state index contributed by atoms with van der Waals surface area (Å²) in [6.07, 6.45) is 2.68. The van der Waals surface area contributed by atoms with Gasteiger partial charge in [0, 0.05) is 0 Å². The van der Waals surface area contributed by atoms with E-state index in [1.165, 1.54) is 12.2 Å². The number of carbonyl (C=O) groups is 1. The van der Waals surface area contributed by atoms with Crippen LogP contribution in [0.1, 0.15) is 5.56 Å².